The molecule has 0 radical (unpaired) electrons. The smallest absolute Gasteiger partial charge is 0.333 e. The minimum absolute atomic E-state index is 0.136. The summed E-state index contributed by atoms with van der Waals surface area (Å²) >= 11 is 0. The van der Waals surface area contributed by atoms with Gasteiger partial charge in [0.05, 0.1) is 0 Å². The van der Waals surface area contributed by atoms with Crippen LogP contribution < -0.4 is 5.73 Å². The molecule has 1 rings (SSSR count). The van der Waals surface area contributed by atoms with E-state index in [1.54, 1.807) is 13.0 Å². The highest BCUT2D eigenvalue weighted by molar-refractivity contribution is 5.87. The molecule has 14 heavy (non-hydrogen) atoms. The second-order valence-electron chi connectivity index (χ2n) is 3.79. The van der Waals surface area contributed by atoms with Gasteiger partial charge in [0.2, 0.25) is 0 Å². The van der Waals surface area contributed by atoms with Crippen molar-refractivity contribution in [3.63, 3.8) is 0 Å². The highest BCUT2D eigenvalue weighted by Crippen LogP contribution is 2.21. The standard InChI is InChI=1S/C11H19NO2/c1-9(7-8-12)11(13)14-10-5-3-2-4-6-10/h7,10H,2-6,8,12H2,1H3/b9-7+. The van der Waals surface area contributed by atoms with E-state index in [-0.39, 0.29) is 12.1 Å². The van der Waals surface area contributed by atoms with Gasteiger partial charge in [-0.25, -0.2) is 4.79 Å². The van der Waals surface area contributed by atoms with Crippen molar-refractivity contribution >= 4 is 5.97 Å². The van der Waals surface area contributed by atoms with Crippen molar-refractivity contribution in [2.24, 2.45) is 5.73 Å². The average molecular weight is 197 g/mol. The number of esters is 1. The first kappa shape index (κ1) is 11.2. The molecular weight excluding hydrogens is 178 g/mol. The van der Waals surface area contributed by atoms with Gasteiger partial charge in [-0.1, -0.05) is 12.5 Å². The van der Waals surface area contributed by atoms with Crippen LogP contribution in [0.15, 0.2) is 11.6 Å². The Labute approximate surface area is 85.3 Å². The highest BCUT2D eigenvalue weighted by Gasteiger charge is 2.17. The lowest BCUT2D eigenvalue weighted by molar-refractivity contribution is -0.145. The van der Waals surface area contributed by atoms with E-state index >= 15 is 0 Å². The third-order valence-electron chi connectivity index (χ3n) is 2.57. The molecule has 0 bridgehead atoms. The average Bonchev–Trinajstić information content (AvgIpc) is 2.19. The fourth-order valence-corrected chi connectivity index (χ4v) is 1.69. The molecule has 0 saturated heterocycles. The highest BCUT2D eigenvalue weighted by atomic mass is 16.5. The third kappa shape index (κ3) is 3.50. The Kier molecular flexibility index (Phi) is 4.66. The van der Waals surface area contributed by atoms with Crippen molar-refractivity contribution in [2.75, 3.05) is 6.54 Å². The molecule has 0 atom stereocenters. The largest absolute Gasteiger partial charge is 0.459 e. The van der Waals surface area contributed by atoms with Gasteiger partial charge in [-0.2, -0.15) is 0 Å². The van der Waals surface area contributed by atoms with E-state index in [2.05, 4.69) is 0 Å². The molecule has 1 aliphatic carbocycles. The van der Waals surface area contributed by atoms with E-state index < -0.39 is 0 Å². The number of nitrogens with two attached hydrogens (primary N) is 1. The van der Waals surface area contributed by atoms with E-state index in [0.717, 1.165) is 12.8 Å². The Hall–Kier alpha value is -0.830. The SMILES string of the molecule is C/C(=C\CN)C(=O)OC1CCCCC1. The minimum atomic E-state index is -0.206. The van der Waals surface area contributed by atoms with E-state index in [0.29, 0.717) is 12.1 Å². The normalized spacial score (nSPS) is 19.4. The van der Waals surface area contributed by atoms with Crippen LogP contribution >= 0.6 is 0 Å². The van der Waals surface area contributed by atoms with Crippen LogP contribution in [0.1, 0.15) is 39.0 Å². The van der Waals surface area contributed by atoms with Gasteiger partial charge in [0.25, 0.3) is 0 Å². The lowest BCUT2D eigenvalue weighted by Crippen LogP contribution is -2.21. The maximum atomic E-state index is 11.5. The lowest BCUT2D eigenvalue weighted by Gasteiger charge is -2.21. The van der Waals surface area contributed by atoms with Crippen LogP contribution in [0.5, 0.6) is 0 Å². The van der Waals surface area contributed by atoms with E-state index in [9.17, 15) is 4.79 Å². The molecule has 0 aliphatic heterocycles. The molecule has 0 spiro atoms. The van der Waals surface area contributed by atoms with Gasteiger partial charge >= 0.3 is 5.97 Å². The molecule has 0 amide bonds. The van der Waals surface area contributed by atoms with Crippen LogP contribution in [-0.2, 0) is 9.53 Å². The van der Waals surface area contributed by atoms with Gasteiger partial charge in [-0.15, -0.1) is 0 Å². The number of carbonyl (C=O) groups is 1. The topological polar surface area (TPSA) is 52.3 Å². The van der Waals surface area contributed by atoms with E-state index in [1.807, 2.05) is 0 Å². The summed E-state index contributed by atoms with van der Waals surface area (Å²) in [5.41, 5.74) is 5.94. The van der Waals surface area contributed by atoms with Crippen molar-refractivity contribution in [3.05, 3.63) is 11.6 Å². The van der Waals surface area contributed by atoms with Crippen LogP contribution in [0.2, 0.25) is 0 Å². The number of hydrogen-bond acceptors (Lipinski definition) is 3. The van der Waals surface area contributed by atoms with Gasteiger partial charge in [0, 0.05) is 12.1 Å². The summed E-state index contributed by atoms with van der Waals surface area (Å²) < 4.78 is 5.34. The second kappa shape index (κ2) is 5.81. The van der Waals surface area contributed by atoms with Crippen LogP contribution in [0.25, 0.3) is 0 Å². The number of ether oxygens (including phenoxy) is 1. The molecule has 0 heterocycles. The van der Waals surface area contributed by atoms with Crippen molar-refractivity contribution in [3.8, 4) is 0 Å². The van der Waals surface area contributed by atoms with Gasteiger partial charge in [-0.3, -0.25) is 0 Å². The zero-order valence-electron chi connectivity index (χ0n) is 8.79. The summed E-state index contributed by atoms with van der Waals surface area (Å²) in [6, 6.07) is 0. The molecule has 1 aliphatic rings. The zero-order chi connectivity index (χ0) is 10.4. The molecule has 80 valence electrons. The number of rotatable bonds is 3. The maximum absolute atomic E-state index is 11.5. The van der Waals surface area contributed by atoms with Crippen LogP contribution in [0.3, 0.4) is 0 Å². The first-order valence-electron chi connectivity index (χ1n) is 5.32. The Bertz CT molecular complexity index is 217. The molecular formula is C11H19NO2. The van der Waals surface area contributed by atoms with Gasteiger partial charge in [-0.05, 0) is 32.6 Å². The zero-order valence-corrected chi connectivity index (χ0v) is 8.79. The second-order valence-corrected chi connectivity index (χ2v) is 3.79. The van der Waals surface area contributed by atoms with E-state index in [1.165, 1.54) is 19.3 Å². The van der Waals surface area contributed by atoms with Crippen molar-refractivity contribution in [1.29, 1.82) is 0 Å². The molecule has 3 nitrogen and oxygen atoms in total. The summed E-state index contributed by atoms with van der Waals surface area (Å²) in [4.78, 5) is 11.5. The van der Waals surface area contributed by atoms with Gasteiger partial charge in [0.15, 0.2) is 0 Å². The lowest BCUT2D eigenvalue weighted by atomic mass is 9.98. The summed E-state index contributed by atoms with van der Waals surface area (Å²) in [6.07, 6.45) is 7.49. The molecule has 0 unspecified atom stereocenters. The summed E-state index contributed by atoms with van der Waals surface area (Å²) in [7, 11) is 0. The van der Waals surface area contributed by atoms with Gasteiger partial charge in [0.1, 0.15) is 6.10 Å². The Morgan fingerprint density at radius 2 is 2.07 bits per heavy atom. The third-order valence-corrected chi connectivity index (χ3v) is 2.57. The fraction of sp³-hybridized carbons (Fsp3) is 0.727. The predicted molar refractivity (Wildman–Crippen MR) is 55.8 cm³/mol. The Balaban J connectivity index is 2.35. The van der Waals surface area contributed by atoms with E-state index in [4.69, 9.17) is 10.5 Å². The summed E-state index contributed by atoms with van der Waals surface area (Å²) in [6.45, 7) is 2.14. The first-order valence-corrected chi connectivity index (χ1v) is 5.32. The fourth-order valence-electron chi connectivity index (χ4n) is 1.69. The van der Waals surface area contributed by atoms with Crippen molar-refractivity contribution in [1.82, 2.24) is 0 Å². The first-order chi connectivity index (χ1) is 6.74. The Morgan fingerprint density at radius 3 is 2.64 bits per heavy atom. The molecule has 0 aromatic carbocycles. The predicted octanol–water partition coefficient (Wildman–Crippen LogP) is 1.77. The quantitative estimate of drug-likeness (QED) is 0.554. The van der Waals surface area contributed by atoms with Crippen LogP contribution in [0, 0.1) is 0 Å². The minimum Gasteiger partial charge on any atom is -0.459 e. The monoisotopic (exact) mass is 197 g/mol. The van der Waals surface area contributed by atoms with Crippen LogP contribution in [-0.4, -0.2) is 18.6 Å². The summed E-state index contributed by atoms with van der Waals surface area (Å²) in [5.74, 6) is -0.206. The molecule has 0 aromatic heterocycles. The Morgan fingerprint density at radius 1 is 1.43 bits per heavy atom. The number of hydrogen-bond donors (Lipinski definition) is 1. The molecule has 2 N–H and O–H groups in total. The molecule has 1 fully saturated rings. The van der Waals surface area contributed by atoms with Crippen molar-refractivity contribution in [2.45, 2.75) is 45.1 Å². The summed E-state index contributed by atoms with van der Waals surface area (Å²) in [5, 5.41) is 0. The molecule has 3 heteroatoms. The maximum Gasteiger partial charge on any atom is 0.333 e. The molecule has 1 saturated carbocycles. The number of carbonyl (C=O) groups excluding carboxylic acids is 1. The van der Waals surface area contributed by atoms with Crippen LogP contribution in [0.4, 0.5) is 0 Å². The van der Waals surface area contributed by atoms with Gasteiger partial charge < -0.3 is 10.5 Å². The molecule has 0 aromatic rings. The van der Waals surface area contributed by atoms with Crippen molar-refractivity contribution < 1.29 is 9.53 Å².